The van der Waals surface area contributed by atoms with Crippen LogP contribution in [0.4, 0.5) is 0 Å². The molecule has 2 fully saturated rings. The largest absolute Gasteiger partial charge is 0.330 e. The highest BCUT2D eigenvalue weighted by Gasteiger charge is 2.59. The molecular weight excluding hydrogens is 158 g/mol. The first-order valence-corrected chi connectivity index (χ1v) is 5.88. The molecule has 0 aromatic carbocycles. The van der Waals surface area contributed by atoms with E-state index in [2.05, 4.69) is 13.8 Å². The van der Waals surface area contributed by atoms with Gasteiger partial charge in [0, 0.05) is 0 Å². The van der Waals surface area contributed by atoms with Crippen LogP contribution in [-0.2, 0) is 0 Å². The normalized spacial score (nSPS) is 39.0. The van der Waals surface area contributed by atoms with Crippen molar-refractivity contribution in [2.75, 3.05) is 6.54 Å². The minimum absolute atomic E-state index is 0.566. The summed E-state index contributed by atoms with van der Waals surface area (Å²) in [4.78, 5) is 0. The number of nitrogens with two attached hydrogens (primary N) is 1. The Balaban J connectivity index is 1.94. The second-order valence-electron chi connectivity index (χ2n) is 5.59. The summed E-state index contributed by atoms with van der Waals surface area (Å²) in [7, 11) is 0. The molecule has 0 saturated heterocycles. The highest BCUT2D eigenvalue weighted by Crippen LogP contribution is 2.63. The SMILES string of the molecule is CC1(C)[C@H](CN)[C@H]1C1CCCCC1. The monoisotopic (exact) mass is 181 g/mol. The highest BCUT2D eigenvalue weighted by molar-refractivity contribution is 5.08. The fourth-order valence-electron chi connectivity index (χ4n) is 3.67. The van der Waals surface area contributed by atoms with Crippen LogP contribution in [0.2, 0.25) is 0 Å². The topological polar surface area (TPSA) is 26.0 Å². The highest BCUT2D eigenvalue weighted by atomic mass is 14.7. The predicted octanol–water partition coefficient (Wildman–Crippen LogP) is 2.80. The van der Waals surface area contributed by atoms with E-state index in [0.29, 0.717) is 5.41 Å². The summed E-state index contributed by atoms with van der Waals surface area (Å²) in [6, 6.07) is 0. The van der Waals surface area contributed by atoms with Crippen LogP contribution >= 0.6 is 0 Å². The van der Waals surface area contributed by atoms with E-state index in [1.807, 2.05) is 0 Å². The summed E-state index contributed by atoms with van der Waals surface area (Å²) in [5.41, 5.74) is 6.37. The summed E-state index contributed by atoms with van der Waals surface area (Å²) in [5.74, 6) is 2.80. The lowest BCUT2D eigenvalue weighted by atomic mass is 9.83. The fraction of sp³-hybridized carbons (Fsp3) is 1.00. The van der Waals surface area contributed by atoms with Gasteiger partial charge in [0.25, 0.3) is 0 Å². The summed E-state index contributed by atoms with van der Waals surface area (Å²) >= 11 is 0. The van der Waals surface area contributed by atoms with Crippen LogP contribution in [0.25, 0.3) is 0 Å². The van der Waals surface area contributed by atoms with E-state index in [-0.39, 0.29) is 0 Å². The van der Waals surface area contributed by atoms with E-state index < -0.39 is 0 Å². The van der Waals surface area contributed by atoms with Gasteiger partial charge in [0.05, 0.1) is 0 Å². The van der Waals surface area contributed by atoms with Gasteiger partial charge in [-0.15, -0.1) is 0 Å². The van der Waals surface area contributed by atoms with Crippen molar-refractivity contribution in [2.45, 2.75) is 46.0 Å². The van der Waals surface area contributed by atoms with Crippen molar-refractivity contribution in [3.8, 4) is 0 Å². The van der Waals surface area contributed by atoms with E-state index in [0.717, 1.165) is 24.3 Å². The van der Waals surface area contributed by atoms with Crippen molar-refractivity contribution in [1.29, 1.82) is 0 Å². The molecule has 2 saturated carbocycles. The smallest absolute Gasteiger partial charge is 0.00407 e. The van der Waals surface area contributed by atoms with Crippen molar-refractivity contribution < 1.29 is 0 Å². The number of hydrogen-bond acceptors (Lipinski definition) is 1. The van der Waals surface area contributed by atoms with Crippen molar-refractivity contribution in [2.24, 2.45) is 28.9 Å². The third-order valence-corrected chi connectivity index (χ3v) is 4.55. The maximum Gasteiger partial charge on any atom is -0.00407 e. The average molecular weight is 181 g/mol. The molecule has 0 unspecified atom stereocenters. The van der Waals surface area contributed by atoms with Crippen molar-refractivity contribution in [3.63, 3.8) is 0 Å². The van der Waals surface area contributed by atoms with Crippen LogP contribution in [-0.4, -0.2) is 6.54 Å². The Bertz CT molecular complexity index is 180. The lowest BCUT2D eigenvalue weighted by Gasteiger charge is -2.22. The first-order chi connectivity index (χ1) is 6.18. The van der Waals surface area contributed by atoms with Crippen LogP contribution in [0, 0.1) is 23.2 Å². The molecule has 0 heterocycles. The molecule has 2 aliphatic carbocycles. The predicted molar refractivity (Wildman–Crippen MR) is 56.4 cm³/mol. The second kappa shape index (κ2) is 3.27. The van der Waals surface area contributed by atoms with Gasteiger partial charge >= 0.3 is 0 Å². The maximum atomic E-state index is 5.81. The second-order valence-corrected chi connectivity index (χ2v) is 5.59. The van der Waals surface area contributed by atoms with Gasteiger partial charge in [-0.2, -0.15) is 0 Å². The van der Waals surface area contributed by atoms with E-state index in [1.54, 1.807) is 0 Å². The summed E-state index contributed by atoms with van der Waals surface area (Å²) in [5, 5.41) is 0. The fourth-order valence-corrected chi connectivity index (χ4v) is 3.67. The molecule has 0 bridgehead atoms. The van der Waals surface area contributed by atoms with Gasteiger partial charge in [0.2, 0.25) is 0 Å². The van der Waals surface area contributed by atoms with Crippen molar-refractivity contribution in [1.82, 2.24) is 0 Å². The first-order valence-electron chi connectivity index (χ1n) is 5.88. The molecule has 0 aromatic rings. The Morgan fingerprint density at radius 2 is 1.77 bits per heavy atom. The Morgan fingerprint density at radius 1 is 1.15 bits per heavy atom. The van der Waals surface area contributed by atoms with Crippen LogP contribution in [0.3, 0.4) is 0 Å². The van der Waals surface area contributed by atoms with Gasteiger partial charge in [-0.05, 0) is 29.7 Å². The minimum Gasteiger partial charge on any atom is -0.330 e. The zero-order valence-electron chi connectivity index (χ0n) is 9.05. The maximum absolute atomic E-state index is 5.81. The van der Waals surface area contributed by atoms with E-state index in [9.17, 15) is 0 Å². The summed E-state index contributed by atoms with van der Waals surface area (Å²) < 4.78 is 0. The standard InChI is InChI=1S/C12H23N/c1-12(2)10(8-13)11(12)9-6-4-3-5-7-9/h9-11H,3-8,13H2,1-2H3/t10-,11-/m1/s1. The molecule has 0 amide bonds. The van der Waals surface area contributed by atoms with Gasteiger partial charge in [0.1, 0.15) is 0 Å². The molecule has 2 atom stereocenters. The molecule has 0 aliphatic heterocycles. The molecule has 1 nitrogen and oxygen atoms in total. The number of hydrogen-bond donors (Lipinski definition) is 1. The molecular formula is C12H23N. The molecule has 76 valence electrons. The van der Waals surface area contributed by atoms with E-state index >= 15 is 0 Å². The van der Waals surface area contributed by atoms with Gasteiger partial charge in [-0.3, -0.25) is 0 Å². The molecule has 0 radical (unpaired) electrons. The van der Waals surface area contributed by atoms with Crippen LogP contribution in [0.1, 0.15) is 46.0 Å². The Kier molecular flexibility index (Phi) is 2.39. The van der Waals surface area contributed by atoms with Gasteiger partial charge in [0.15, 0.2) is 0 Å². The molecule has 0 aromatic heterocycles. The molecule has 2 rings (SSSR count). The third kappa shape index (κ3) is 1.52. The van der Waals surface area contributed by atoms with Gasteiger partial charge in [-0.25, -0.2) is 0 Å². The molecule has 2 N–H and O–H groups in total. The lowest BCUT2D eigenvalue weighted by molar-refractivity contribution is 0.288. The van der Waals surface area contributed by atoms with E-state index in [4.69, 9.17) is 5.73 Å². The Hall–Kier alpha value is -0.0400. The molecule has 13 heavy (non-hydrogen) atoms. The average Bonchev–Trinajstić information content (AvgIpc) is 2.69. The summed E-state index contributed by atoms with van der Waals surface area (Å²) in [6.07, 6.45) is 7.36. The quantitative estimate of drug-likeness (QED) is 0.696. The van der Waals surface area contributed by atoms with Crippen LogP contribution in [0.5, 0.6) is 0 Å². The van der Waals surface area contributed by atoms with Crippen LogP contribution in [0.15, 0.2) is 0 Å². The van der Waals surface area contributed by atoms with E-state index in [1.165, 1.54) is 32.1 Å². The minimum atomic E-state index is 0.566. The Morgan fingerprint density at radius 3 is 2.23 bits per heavy atom. The van der Waals surface area contributed by atoms with Crippen molar-refractivity contribution in [3.05, 3.63) is 0 Å². The lowest BCUT2D eigenvalue weighted by Crippen LogP contribution is -2.12. The zero-order valence-corrected chi connectivity index (χ0v) is 9.05. The molecule has 0 spiro atoms. The van der Waals surface area contributed by atoms with Crippen molar-refractivity contribution >= 4 is 0 Å². The third-order valence-electron chi connectivity index (χ3n) is 4.55. The number of rotatable bonds is 2. The zero-order chi connectivity index (χ0) is 9.47. The van der Waals surface area contributed by atoms with Gasteiger partial charge < -0.3 is 5.73 Å². The molecule has 1 heteroatoms. The van der Waals surface area contributed by atoms with Gasteiger partial charge in [-0.1, -0.05) is 46.0 Å². The summed E-state index contributed by atoms with van der Waals surface area (Å²) in [6.45, 7) is 5.72. The van der Waals surface area contributed by atoms with Crippen LogP contribution < -0.4 is 5.73 Å². The first kappa shape index (κ1) is 9.51. The Labute approximate surface area is 82.1 Å². The molecule has 2 aliphatic rings.